The van der Waals surface area contributed by atoms with Gasteiger partial charge in [0.1, 0.15) is 12.7 Å². The molecule has 0 atom stereocenters. The van der Waals surface area contributed by atoms with Crippen molar-refractivity contribution in [3.63, 3.8) is 0 Å². The molecule has 0 radical (unpaired) electrons. The fraction of sp³-hybridized carbons (Fsp3) is 0.250. The monoisotopic (exact) mass is 325 g/mol. The molecule has 23 heavy (non-hydrogen) atoms. The fourth-order valence-electron chi connectivity index (χ4n) is 2.68. The molecule has 4 rings (SSSR count). The number of nitrogens with one attached hydrogen (secondary N) is 1. The Morgan fingerprint density at radius 1 is 1.26 bits per heavy atom. The van der Waals surface area contributed by atoms with Gasteiger partial charge in [-0.05, 0) is 37.0 Å². The minimum absolute atomic E-state index is 0.121. The number of hydrogen-bond donors (Lipinski definition) is 1. The summed E-state index contributed by atoms with van der Waals surface area (Å²) in [7, 11) is 0. The van der Waals surface area contributed by atoms with E-state index >= 15 is 0 Å². The molecule has 3 aromatic rings. The van der Waals surface area contributed by atoms with Gasteiger partial charge in [-0.2, -0.15) is 5.10 Å². The lowest BCUT2D eigenvalue weighted by molar-refractivity contribution is 0.102. The number of fused-ring (bicyclic) bond motifs is 1. The first-order chi connectivity index (χ1) is 11.3. The van der Waals surface area contributed by atoms with Gasteiger partial charge in [0, 0.05) is 10.4 Å². The maximum atomic E-state index is 12.3. The number of aromatic nitrogens is 4. The van der Waals surface area contributed by atoms with Gasteiger partial charge in [-0.15, -0.1) is 11.3 Å². The van der Waals surface area contributed by atoms with E-state index in [0.29, 0.717) is 17.2 Å². The van der Waals surface area contributed by atoms with Crippen LogP contribution < -0.4 is 5.32 Å². The van der Waals surface area contributed by atoms with Crippen LogP contribution in [0.5, 0.6) is 0 Å². The van der Waals surface area contributed by atoms with E-state index in [4.69, 9.17) is 0 Å². The molecule has 1 N–H and O–H groups in total. The van der Waals surface area contributed by atoms with Crippen LogP contribution in [0.25, 0.3) is 0 Å². The van der Waals surface area contributed by atoms with E-state index in [1.807, 2.05) is 24.3 Å². The second-order valence-corrected chi connectivity index (χ2v) is 6.57. The molecule has 0 aliphatic heterocycles. The summed E-state index contributed by atoms with van der Waals surface area (Å²) in [5.41, 5.74) is 2.84. The van der Waals surface area contributed by atoms with Crippen molar-refractivity contribution in [1.29, 1.82) is 0 Å². The van der Waals surface area contributed by atoms with Gasteiger partial charge in [0.25, 0.3) is 5.91 Å². The number of rotatable bonds is 4. The lowest BCUT2D eigenvalue weighted by Crippen LogP contribution is -2.12. The minimum Gasteiger partial charge on any atom is -0.298 e. The number of nitrogens with zero attached hydrogens (tertiary/aromatic N) is 4. The first-order valence-corrected chi connectivity index (χ1v) is 8.31. The zero-order chi connectivity index (χ0) is 15.6. The van der Waals surface area contributed by atoms with Crippen molar-refractivity contribution in [2.45, 2.75) is 25.8 Å². The Morgan fingerprint density at radius 3 is 2.87 bits per heavy atom. The Bertz CT molecular complexity index is 801. The fourth-order valence-corrected chi connectivity index (χ4v) is 3.72. The van der Waals surface area contributed by atoms with Gasteiger partial charge in [-0.3, -0.25) is 10.1 Å². The van der Waals surface area contributed by atoms with Gasteiger partial charge in [0.15, 0.2) is 5.13 Å². The number of carbonyl (C=O) groups is 1. The minimum atomic E-state index is -0.121. The summed E-state index contributed by atoms with van der Waals surface area (Å²) in [6, 6.07) is 7.50. The molecular weight excluding hydrogens is 310 g/mol. The highest BCUT2D eigenvalue weighted by Gasteiger charge is 2.18. The van der Waals surface area contributed by atoms with Crippen LogP contribution in [-0.2, 0) is 19.4 Å². The zero-order valence-corrected chi connectivity index (χ0v) is 13.2. The Morgan fingerprint density at radius 2 is 2.13 bits per heavy atom. The van der Waals surface area contributed by atoms with E-state index in [1.165, 1.54) is 17.6 Å². The summed E-state index contributed by atoms with van der Waals surface area (Å²) in [4.78, 5) is 22.0. The first kappa shape index (κ1) is 14.1. The Kier molecular flexibility index (Phi) is 3.63. The van der Waals surface area contributed by atoms with E-state index in [-0.39, 0.29) is 5.91 Å². The molecule has 2 heterocycles. The van der Waals surface area contributed by atoms with Crippen molar-refractivity contribution in [2.24, 2.45) is 0 Å². The van der Waals surface area contributed by atoms with Crippen LogP contribution >= 0.6 is 11.3 Å². The van der Waals surface area contributed by atoms with Crippen molar-refractivity contribution in [2.75, 3.05) is 5.32 Å². The van der Waals surface area contributed by atoms with Crippen molar-refractivity contribution in [3.05, 3.63) is 58.6 Å². The molecule has 0 bridgehead atoms. The highest BCUT2D eigenvalue weighted by atomic mass is 32.1. The molecule has 0 saturated carbocycles. The van der Waals surface area contributed by atoms with E-state index in [0.717, 1.165) is 24.1 Å². The van der Waals surface area contributed by atoms with Crippen LogP contribution in [0.1, 0.15) is 32.9 Å². The number of aryl methyl sites for hydroxylation is 2. The molecule has 0 unspecified atom stereocenters. The second kappa shape index (κ2) is 5.92. The van der Waals surface area contributed by atoms with E-state index in [9.17, 15) is 4.79 Å². The van der Waals surface area contributed by atoms with Crippen LogP contribution in [0.2, 0.25) is 0 Å². The third-order valence-electron chi connectivity index (χ3n) is 3.84. The first-order valence-electron chi connectivity index (χ1n) is 7.49. The third kappa shape index (κ3) is 3.00. The van der Waals surface area contributed by atoms with E-state index in [1.54, 1.807) is 22.3 Å². The average Bonchev–Trinajstić information content (AvgIpc) is 3.25. The molecule has 0 spiro atoms. The summed E-state index contributed by atoms with van der Waals surface area (Å²) in [5, 5.41) is 7.66. The highest BCUT2D eigenvalue weighted by molar-refractivity contribution is 7.15. The number of thiazole rings is 1. The van der Waals surface area contributed by atoms with Gasteiger partial charge in [0.2, 0.25) is 0 Å². The number of amides is 1. The van der Waals surface area contributed by atoms with Gasteiger partial charge in [-0.25, -0.2) is 14.6 Å². The summed E-state index contributed by atoms with van der Waals surface area (Å²) in [5.74, 6) is -0.121. The summed E-state index contributed by atoms with van der Waals surface area (Å²) in [6.45, 7) is 0.640. The predicted octanol–water partition coefficient (Wildman–Crippen LogP) is 2.52. The molecular formula is C16H15N5OS. The lowest BCUT2D eigenvalue weighted by Gasteiger charge is -2.04. The molecule has 2 aromatic heterocycles. The molecule has 116 valence electrons. The number of benzene rings is 1. The Labute approximate surface area is 137 Å². The van der Waals surface area contributed by atoms with Crippen LogP contribution in [0.4, 0.5) is 5.13 Å². The van der Waals surface area contributed by atoms with E-state index < -0.39 is 0 Å². The summed E-state index contributed by atoms with van der Waals surface area (Å²) < 4.78 is 1.74. The van der Waals surface area contributed by atoms with Crippen LogP contribution in [0.3, 0.4) is 0 Å². The van der Waals surface area contributed by atoms with E-state index in [2.05, 4.69) is 20.4 Å². The highest BCUT2D eigenvalue weighted by Crippen LogP contribution is 2.30. The zero-order valence-electron chi connectivity index (χ0n) is 12.4. The number of anilines is 1. The Hall–Kier alpha value is -2.54. The maximum Gasteiger partial charge on any atom is 0.257 e. The molecule has 0 fully saturated rings. The van der Waals surface area contributed by atoms with Gasteiger partial charge < -0.3 is 0 Å². The standard InChI is InChI=1S/C16H15N5OS/c22-15(20-16-19-13-2-1-3-14(13)23-16)12-6-4-11(5-7-12)8-21-10-17-9-18-21/h4-7,9-10H,1-3,8H2,(H,19,20,22). The van der Waals surface area contributed by atoms with Crippen molar-refractivity contribution in [3.8, 4) is 0 Å². The molecule has 1 aliphatic carbocycles. The summed E-state index contributed by atoms with van der Waals surface area (Å²) >= 11 is 1.59. The third-order valence-corrected chi connectivity index (χ3v) is 4.92. The average molecular weight is 325 g/mol. The van der Waals surface area contributed by atoms with Crippen LogP contribution in [0, 0.1) is 0 Å². The molecule has 0 saturated heterocycles. The van der Waals surface area contributed by atoms with Crippen molar-refractivity contribution in [1.82, 2.24) is 19.7 Å². The second-order valence-electron chi connectivity index (χ2n) is 5.49. The quantitative estimate of drug-likeness (QED) is 0.800. The van der Waals surface area contributed by atoms with Gasteiger partial charge >= 0.3 is 0 Å². The van der Waals surface area contributed by atoms with Gasteiger partial charge in [0.05, 0.1) is 12.2 Å². The number of hydrogen-bond acceptors (Lipinski definition) is 5. The van der Waals surface area contributed by atoms with Crippen molar-refractivity contribution >= 4 is 22.4 Å². The predicted molar refractivity (Wildman–Crippen MR) is 87.7 cm³/mol. The van der Waals surface area contributed by atoms with Crippen LogP contribution in [-0.4, -0.2) is 25.7 Å². The van der Waals surface area contributed by atoms with Crippen molar-refractivity contribution < 1.29 is 4.79 Å². The Balaban J connectivity index is 1.43. The molecule has 6 nitrogen and oxygen atoms in total. The normalized spacial score (nSPS) is 13.0. The lowest BCUT2D eigenvalue weighted by atomic mass is 10.1. The molecule has 7 heteroatoms. The summed E-state index contributed by atoms with van der Waals surface area (Å²) in [6.07, 6.45) is 6.46. The molecule has 1 amide bonds. The SMILES string of the molecule is O=C(Nc1nc2c(s1)CCC2)c1ccc(Cn2cncn2)cc1. The largest absolute Gasteiger partial charge is 0.298 e. The van der Waals surface area contributed by atoms with Crippen LogP contribution in [0.15, 0.2) is 36.9 Å². The van der Waals surface area contributed by atoms with Gasteiger partial charge in [-0.1, -0.05) is 12.1 Å². The smallest absolute Gasteiger partial charge is 0.257 e. The maximum absolute atomic E-state index is 12.3. The number of carbonyl (C=O) groups excluding carboxylic acids is 1. The molecule has 1 aromatic carbocycles. The molecule has 1 aliphatic rings. The topological polar surface area (TPSA) is 72.7 Å².